The first kappa shape index (κ1) is 20.8. The van der Waals surface area contributed by atoms with E-state index in [1.165, 1.54) is 10.9 Å². The molecule has 4 nitrogen and oxygen atoms in total. The predicted octanol–water partition coefficient (Wildman–Crippen LogP) is 5.78. The van der Waals surface area contributed by atoms with Crippen molar-refractivity contribution in [2.24, 2.45) is 0 Å². The zero-order valence-electron chi connectivity index (χ0n) is 17.1. The molecule has 0 N–H and O–H groups in total. The summed E-state index contributed by atoms with van der Waals surface area (Å²) < 4.78 is 7.13. The highest BCUT2D eigenvalue weighted by Crippen LogP contribution is 2.18. The first-order valence-corrected chi connectivity index (χ1v) is 10.5. The van der Waals surface area contributed by atoms with Gasteiger partial charge in [0.2, 0.25) is 0 Å². The molecule has 0 saturated heterocycles. The van der Waals surface area contributed by atoms with Gasteiger partial charge in [0.05, 0.1) is 6.61 Å². The molecule has 0 aliphatic rings. The van der Waals surface area contributed by atoms with Gasteiger partial charge in [-0.2, -0.15) is 0 Å². The number of ether oxygens (including phenoxy) is 1. The summed E-state index contributed by atoms with van der Waals surface area (Å²) in [6, 6.07) is 18.4. The van der Waals surface area contributed by atoms with Crippen LogP contribution in [0.3, 0.4) is 0 Å². The van der Waals surface area contributed by atoms with Crippen LogP contribution >= 0.6 is 0 Å². The Hall–Kier alpha value is -2.88. The fourth-order valence-corrected chi connectivity index (χ4v) is 3.60. The van der Waals surface area contributed by atoms with Crippen molar-refractivity contribution in [2.75, 3.05) is 6.61 Å². The summed E-state index contributed by atoms with van der Waals surface area (Å²) in [6.45, 7) is 3.01. The topological polar surface area (TPSA) is 48.3 Å². The maximum atomic E-state index is 12.6. The summed E-state index contributed by atoms with van der Waals surface area (Å²) in [4.78, 5) is 23.9. The first-order valence-electron chi connectivity index (χ1n) is 10.5. The normalized spacial score (nSPS) is 10.9. The van der Waals surface area contributed by atoms with Crippen molar-refractivity contribution in [2.45, 2.75) is 52.0 Å². The molecule has 0 aliphatic carbocycles. The van der Waals surface area contributed by atoms with Gasteiger partial charge in [-0.15, -0.1) is 0 Å². The number of esters is 1. The van der Waals surface area contributed by atoms with Crippen LogP contribution in [0.1, 0.15) is 61.4 Å². The van der Waals surface area contributed by atoms with Gasteiger partial charge in [-0.25, -0.2) is 0 Å². The van der Waals surface area contributed by atoms with Crippen molar-refractivity contribution in [3.05, 3.63) is 71.9 Å². The number of Topliss-reactive ketones (excluding diaryl/α,β-unsaturated/α-hetero) is 1. The van der Waals surface area contributed by atoms with Gasteiger partial charge in [0, 0.05) is 36.7 Å². The molecular formula is C25H29NO3. The van der Waals surface area contributed by atoms with E-state index in [4.69, 9.17) is 4.74 Å². The lowest BCUT2D eigenvalue weighted by Crippen LogP contribution is -2.04. The number of carbonyl (C=O) groups is 2. The summed E-state index contributed by atoms with van der Waals surface area (Å²) in [7, 11) is 0. The van der Waals surface area contributed by atoms with E-state index < -0.39 is 0 Å². The molecule has 1 aromatic heterocycles. The fourth-order valence-electron chi connectivity index (χ4n) is 3.60. The monoisotopic (exact) mass is 391 g/mol. The molecule has 152 valence electrons. The Morgan fingerprint density at radius 2 is 1.69 bits per heavy atom. The van der Waals surface area contributed by atoms with Gasteiger partial charge >= 0.3 is 5.97 Å². The van der Waals surface area contributed by atoms with Crippen molar-refractivity contribution in [1.82, 2.24) is 4.57 Å². The van der Waals surface area contributed by atoms with Crippen molar-refractivity contribution in [1.29, 1.82) is 0 Å². The second-order valence-corrected chi connectivity index (χ2v) is 7.35. The van der Waals surface area contributed by atoms with Crippen LogP contribution in [0.25, 0.3) is 10.9 Å². The highest BCUT2D eigenvalue weighted by molar-refractivity contribution is 5.96. The molecule has 0 radical (unpaired) electrons. The van der Waals surface area contributed by atoms with Crippen LogP contribution in [0, 0.1) is 0 Å². The molecule has 29 heavy (non-hydrogen) atoms. The van der Waals surface area contributed by atoms with Crippen LogP contribution in [0.2, 0.25) is 0 Å². The average molecular weight is 392 g/mol. The summed E-state index contributed by atoms with van der Waals surface area (Å²) in [5.74, 6) is 0.0606. The second-order valence-electron chi connectivity index (χ2n) is 7.35. The number of aromatic nitrogens is 1. The van der Waals surface area contributed by atoms with Crippen LogP contribution in [-0.2, 0) is 16.1 Å². The molecule has 0 bridgehead atoms. The number of rotatable bonds is 11. The Bertz CT molecular complexity index is 957. The Balaban J connectivity index is 1.47. The molecular weight excluding hydrogens is 362 g/mol. The van der Waals surface area contributed by atoms with Crippen molar-refractivity contribution >= 4 is 22.7 Å². The van der Waals surface area contributed by atoms with E-state index >= 15 is 0 Å². The van der Waals surface area contributed by atoms with Gasteiger partial charge in [-0.3, -0.25) is 9.59 Å². The molecule has 4 heteroatoms. The molecule has 0 unspecified atom stereocenters. The minimum absolute atomic E-state index is 0.129. The molecule has 3 aromatic rings. The molecule has 0 saturated carbocycles. The Kier molecular flexibility index (Phi) is 7.62. The minimum Gasteiger partial charge on any atom is -0.466 e. The zero-order chi connectivity index (χ0) is 20.5. The highest BCUT2D eigenvalue weighted by atomic mass is 16.5. The van der Waals surface area contributed by atoms with E-state index in [-0.39, 0.29) is 11.8 Å². The number of carbonyl (C=O) groups excluding carboxylic acids is 2. The number of nitrogens with zero attached hydrogens (tertiary/aromatic N) is 1. The summed E-state index contributed by atoms with van der Waals surface area (Å²) in [5.41, 5.74) is 3.11. The number of unbranched alkanes of at least 4 members (excludes halogenated alkanes) is 3. The molecule has 3 rings (SSSR count). The smallest absolute Gasteiger partial charge is 0.305 e. The maximum Gasteiger partial charge on any atom is 0.305 e. The third-order valence-electron chi connectivity index (χ3n) is 5.12. The minimum atomic E-state index is -0.129. The SMILES string of the molecule is CCOC(=O)CCCCCCC(=O)c1cccc(Cn2ccc3ccccc32)c1. The molecule has 1 heterocycles. The summed E-state index contributed by atoms with van der Waals surface area (Å²) in [5, 5.41) is 1.22. The number of hydrogen-bond acceptors (Lipinski definition) is 3. The van der Waals surface area contributed by atoms with Crippen LogP contribution in [0.5, 0.6) is 0 Å². The van der Waals surface area contributed by atoms with Gasteiger partial charge in [0.15, 0.2) is 5.78 Å². The Morgan fingerprint density at radius 3 is 2.52 bits per heavy atom. The van der Waals surface area contributed by atoms with E-state index in [0.717, 1.165) is 43.4 Å². The van der Waals surface area contributed by atoms with Crippen LogP contribution in [0.4, 0.5) is 0 Å². The second kappa shape index (κ2) is 10.6. The van der Waals surface area contributed by atoms with Gasteiger partial charge in [0.1, 0.15) is 0 Å². The highest BCUT2D eigenvalue weighted by Gasteiger charge is 2.08. The molecule has 0 amide bonds. The number of benzene rings is 2. The number of para-hydroxylation sites is 1. The first-order chi connectivity index (χ1) is 14.2. The Labute approximate surface area is 172 Å². The van der Waals surface area contributed by atoms with Crippen molar-refractivity contribution < 1.29 is 14.3 Å². The third-order valence-corrected chi connectivity index (χ3v) is 5.12. The van der Waals surface area contributed by atoms with E-state index in [9.17, 15) is 9.59 Å². The molecule has 0 spiro atoms. The van der Waals surface area contributed by atoms with Gasteiger partial charge < -0.3 is 9.30 Å². The lowest BCUT2D eigenvalue weighted by atomic mass is 10.0. The molecule has 0 atom stereocenters. The lowest BCUT2D eigenvalue weighted by Gasteiger charge is -2.08. The van der Waals surface area contributed by atoms with Crippen LogP contribution < -0.4 is 0 Å². The standard InChI is InChI=1S/C25H29NO3/c1-2-29-25(28)15-6-4-3-5-14-24(27)22-12-9-10-20(18-22)19-26-17-16-21-11-7-8-13-23(21)26/h7-13,16-18H,2-6,14-15,19H2,1H3. The van der Waals surface area contributed by atoms with Crippen molar-refractivity contribution in [3.8, 4) is 0 Å². The summed E-state index contributed by atoms with van der Waals surface area (Å²) in [6.07, 6.45) is 6.71. The fraction of sp³-hybridized carbons (Fsp3) is 0.360. The molecule has 0 fully saturated rings. The van der Waals surface area contributed by atoms with E-state index in [0.29, 0.717) is 19.4 Å². The lowest BCUT2D eigenvalue weighted by molar-refractivity contribution is -0.143. The van der Waals surface area contributed by atoms with Crippen molar-refractivity contribution in [3.63, 3.8) is 0 Å². The predicted molar refractivity (Wildman–Crippen MR) is 116 cm³/mol. The van der Waals surface area contributed by atoms with E-state index in [2.05, 4.69) is 35.0 Å². The Morgan fingerprint density at radius 1 is 0.897 bits per heavy atom. The zero-order valence-corrected chi connectivity index (χ0v) is 17.1. The van der Waals surface area contributed by atoms with Crippen LogP contribution in [-0.4, -0.2) is 22.9 Å². The van der Waals surface area contributed by atoms with Gasteiger partial charge in [-0.05, 0) is 48.9 Å². The number of fused-ring (bicyclic) bond motifs is 1. The van der Waals surface area contributed by atoms with E-state index in [1.807, 2.05) is 37.3 Å². The molecule has 0 aliphatic heterocycles. The molecule has 2 aromatic carbocycles. The van der Waals surface area contributed by atoms with E-state index in [1.54, 1.807) is 0 Å². The number of hydrogen-bond donors (Lipinski definition) is 0. The summed E-state index contributed by atoms with van der Waals surface area (Å²) >= 11 is 0. The third kappa shape index (κ3) is 6.05. The number of ketones is 1. The van der Waals surface area contributed by atoms with Gasteiger partial charge in [0.25, 0.3) is 0 Å². The maximum absolute atomic E-state index is 12.6. The average Bonchev–Trinajstić information content (AvgIpc) is 3.14. The largest absolute Gasteiger partial charge is 0.466 e. The van der Waals surface area contributed by atoms with Gasteiger partial charge in [-0.1, -0.05) is 49.2 Å². The van der Waals surface area contributed by atoms with Crippen LogP contribution in [0.15, 0.2) is 60.8 Å². The quantitative estimate of drug-likeness (QED) is 0.237.